The second-order valence-corrected chi connectivity index (χ2v) is 4.71. The van der Waals surface area contributed by atoms with Gasteiger partial charge in [0.25, 0.3) is 0 Å². The van der Waals surface area contributed by atoms with E-state index in [1.54, 1.807) is 0 Å². The molecule has 0 aliphatic rings. The molecule has 4 heteroatoms. The first-order chi connectivity index (χ1) is 8.04. The van der Waals surface area contributed by atoms with Gasteiger partial charge in [-0.25, -0.2) is 0 Å². The lowest BCUT2D eigenvalue weighted by atomic mass is 10.1. The maximum Gasteiger partial charge on any atom is 0.322 e. The van der Waals surface area contributed by atoms with E-state index >= 15 is 0 Å². The van der Waals surface area contributed by atoms with Gasteiger partial charge < -0.3 is 15.0 Å². The number of carbonyl (C=O) groups excluding carboxylic acids is 1. The number of nitrogens with zero attached hydrogens (tertiary/aromatic N) is 1. The first kappa shape index (κ1) is 16.4. The Labute approximate surface area is 106 Å². The Balaban J connectivity index is 4.12. The van der Waals surface area contributed by atoms with Crippen LogP contribution < -0.4 is 5.32 Å². The van der Waals surface area contributed by atoms with Gasteiger partial charge in [-0.2, -0.15) is 0 Å². The molecule has 17 heavy (non-hydrogen) atoms. The van der Waals surface area contributed by atoms with Crippen molar-refractivity contribution in [3.63, 3.8) is 0 Å². The first-order valence-electron chi connectivity index (χ1n) is 6.58. The van der Waals surface area contributed by atoms with Crippen molar-refractivity contribution in [1.82, 2.24) is 10.2 Å². The molecule has 0 amide bonds. The van der Waals surface area contributed by atoms with Gasteiger partial charge in [0.15, 0.2) is 0 Å². The Bertz CT molecular complexity index is 208. The van der Waals surface area contributed by atoms with Crippen molar-refractivity contribution < 1.29 is 9.53 Å². The second kappa shape index (κ2) is 9.42. The summed E-state index contributed by atoms with van der Waals surface area (Å²) in [7, 11) is 1.44. The molecule has 1 N–H and O–H groups in total. The van der Waals surface area contributed by atoms with Crippen LogP contribution in [0.4, 0.5) is 0 Å². The van der Waals surface area contributed by atoms with Crippen LogP contribution >= 0.6 is 0 Å². The topological polar surface area (TPSA) is 41.6 Å². The normalized spacial score (nSPS) is 13.1. The average molecular weight is 244 g/mol. The number of rotatable bonds is 9. The summed E-state index contributed by atoms with van der Waals surface area (Å²) in [5.74, 6) is 0.498. The SMILES string of the molecule is CCNC(CCN(CC)CC(C)C)C(=O)OC. The lowest BCUT2D eigenvalue weighted by molar-refractivity contribution is -0.143. The molecule has 0 aromatic rings. The quantitative estimate of drug-likeness (QED) is 0.624. The van der Waals surface area contributed by atoms with Gasteiger partial charge in [-0.1, -0.05) is 27.7 Å². The molecule has 0 spiro atoms. The zero-order valence-electron chi connectivity index (χ0n) is 12.0. The van der Waals surface area contributed by atoms with Gasteiger partial charge in [0, 0.05) is 13.1 Å². The molecule has 0 aromatic carbocycles. The van der Waals surface area contributed by atoms with Crippen molar-refractivity contribution in [2.45, 2.75) is 40.2 Å². The van der Waals surface area contributed by atoms with Crippen molar-refractivity contribution in [3.05, 3.63) is 0 Å². The molecule has 1 unspecified atom stereocenters. The summed E-state index contributed by atoms with van der Waals surface area (Å²) in [5.41, 5.74) is 0. The molecule has 0 aliphatic heterocycles. The first-order valence-corrected chi connectivity index (χ1v) is 6.58. The van der Waals surface area contributed by atoms with Gasteiger partial charge in [0.2, 0.25) is 0 Å². The summed E-state index contributed by atoms with van der Waals surface area (Å²) in [5, 5.41) is 3.16. The Morgan fingerprint density at radius 2 is 2.00 bits per heavy atom. The summed E-state index contributed by atoms with van der Waals surface area (Å²) in [6.45, 7) is 12.4. The largest absolute Gasteiger partial charge is 0.468 e. The Morgan fingerprint density at radius 1 is 1.35 bits per heavy atom. The molecule has 0 fully saturated rings. The average Bonchev–Trinajstić information content (AvgIpc) is 2.31. The number of nitrogens with one attached hydrogen (secondary N) is 1. The van der Waals surface area contributed by atoms with E-state index in [4.69, 9.17) is 4.74 Å². The van der Waals surface area contributed by atoms with Crippen molar-refractivity contribution in [1.29, 1.82) is 0 Å². The summed E-state index contributed by atoms with van der Waals surface area (Å²) < 4.78 is 4.79. The molecule has 0 radical (unpaired) electrons. The van der Waals surface area contributed by atoms with E-state index in [9.17, 15) is 4.79 Å². The van der Waals surface area contributed by atoms with Crippen molar-refractivity contribution in [2.75, 3.05) is 33.3 Å². The standard InChI is InChI=1S/C13H28N2O2/c1-6-14-12(13(16)17-5)8-9-15(7-2)10-11(3)4/h11-12,14H,6-10H2,1-5H3. The van der Waals surface area contributed by atoms with Crippen molar-refractivity contribution >= 4 is 5.97 Å². The van der Waals surface area contributed by atoms with Gasteiger partial charge in [-0.3, -0.25) is 4.79 Å². The molecule has 0 saturated carbocycles. The fourth-order valence-corrected chi connectivity index (χ4v) is 1.90. The minimum Gasteiger partial charge on any atom is -0.468 e. The zero-order chi connectivity index (χ0) is 13.3. The second-order valence-electron chi connectivity index (χ2n) is 4.71. The third kappa shape index (κ3) is 7.34. The molecule has 0 aliphatic carbocycles. The molecule has 102 valence electrons. The van der Waals surface area contributed by atoms with Gasteiger partial charge in [-0.15, -0.1) is 0 Å². The van der Waals surface area contributed by atoms with Crippen LogP contribution in [0, 0.1) is 5.92 Å². The Kier molecular flexibility index (Phi) is 9.09. The minimum absolute atomic E-state index is 0.160. The zero-order valence-corrected chi connectivity index (χ0v) is 12.0. The molecule has 0 saturated heterocycles. The number of carbonyl (C=O) groups is 1. The van der Waals surface area contributed by atoms with Crippen LogP contribution in [0.25, 0.3) is 0 Å². The van der Waals surface area contributed by atoms with Gasteiger partial charge in [-0.05, 0) is 25.4 Å². The van der Waals surface area contributed by atoms with Gasteiger partial charge in [0.1, 0.15) is 6.04 Å². The highest BCUT2D eigenvalue weighted by molar-refractivity contribution is 5.75. The molecule has 0 heterocycles. The van der Waals surface area contributed by atoms with Gasteiger partial charge >= 0.3 is 5.97 Å². The number of esters is 1. The number of ether oxygens (including phenoxy) is 1. The summed E-state index contributed by atoms with van der Waals surface area (Å²) in [6, 6.07) is -0.175. The van der Waals surface area contributed by atoms with Crippen LogP contribution in [-0.2, 0) is 9.53 Å². The highest BCUT2D eigenvalue weighted by Crippen LogP contribution is 2.02. The highest BCUT2D eigenvalue weighted by Gasteiger charge is 2.18. The smallest absolute Gasteiger partial charge is 0.322 e. The lowest BCUT2D eigenvalue weighted by Crippen LogP contribution is -2.41. The summed E-state index contributed by atoms with van der Waals surface area (Å²) in [4.78, 5) is 13.9. The van der Waals surface area contributed by atoms with E-state index in [2.05, 4.69) is 31.0 Å². The fourth-order valence-electron chi connectivity index (χ4n) is 1.90. The van der Waals surface area contributed by atoms with Crippen LogP contribution in [0.1, 0.15) is 34.1 Å². The summed E-state index contributed by atoms with van der Waals surface area (Å²) >= 11 is 0. The highest BCUT2D eigenvalue weighted by atomic mass is 16.5. The van der Waals surface area contributed by atoms with Crippen LogP contribution in [0.2, 0.25) is 0 Å². The molecular weight excluding hydrogens is 216 g/mol. The number of hydrogen-bond acceptors (Lipinski definition) is 4. The summed E-state index contributed by atoms with van der Waals surface area (Å²) in [6.07, 6.45) is 0.807. The van der Waals surface area contributed by atoms with E-state index < -0.39 is 0 Å². The number of likely N-dealkylation sites (N-methyl/N-ethyl adjacent to an activating group) is 1. The molecule has 1 atom stereocenters. The maximum atomic E-state index is 11.5. The minimum atomic E-state index is -0.175. The fraction of sp³-hybridized carbons (Fsp3) is 0.923. The van der Waals surface area contributed by atoms with E-state index in [0.29, 0.717) is 5.92 Å². The van der Waals surface area contributed by atoms with Crippen LogP contribution in [0.3, 0.4) is 0 Å². The Hall–Kier alpha value is -0.610. The molecular formula is C13H28N2O2. The van der Waals surface area contributed by atoms with Crippen LogP contribution in [0.15, 0.2) is 0 Å². The Morgan fingerprint density at radius 3 is 2.41 bits per heavy atom. The van der Waals surface area contributed by atoms with Crippen LogP contribution in [-0.4, -0.2) is 50.2 Å². The van der Waals surface area contributed by atoms with E-state index in [0.717, 1.165) is 32.6 Å². The van der Waals surface area contributed by atoms with Crippen molar-refractivity contribution in [3.8, 4) is 0 Å². The third-order valence-electron chi connectivity index (χ3n) is 2.74. The van der Waals surface area contributed by atoms with E-state index in [1.807, 2.05) is 6.92 Å². The van der Waals surface area contributed by atoms with Gasteiger partial charge in [0.05, 0.1) is 7.11 Å². The molecule has 0 rings (SSSR count). The van der Waals surface area contributed by atoms with E-state index in [-0.39, 0.29) is 12.0 Å². The monoisotopic (exact) mass is 244 g/mol. The molecule has 0 aromatic heterocycles. The maximum absolute atomic E-state index is 11.5. The number of methoxy groups -OCH3 is 1. The predicted molar refractivity (Wildman–Crippen MR) is 71.0 cm³/mol. The number of hydrogen-bond donors (Lipinski definition) is 1. The third-order valence-corrected chi connectivity index (χ3v) is 2.74. The predicted octanol–water partition coefficient (Wildman–Crippen LogP) is 1.51. The molecule has 0 bridgehead atoms. The molecule has 4 nitrogen and oxygen atoms in total. The van der Waals surface area contributed by atoms with Crippen LogP contribution in [0.5, 0.6) is 0 Å². The lowest BCUT2D eigenvalue weighted by Gasteiger charge is -2.24. The van der Waals surface area contributed by atoms with Crippen molar-refractivity contribution in [2.24, 2.45) is 5.92 Å². The van der Waals surface area contributed by atoms with E-state index in [1.165, 1.54) is 7.11 Å².